The van der Waals surface area contributed by atoms with E-state index in [2.05, 4.69) is 30.8 Å². The van der Waals surface area contributed by atoms with Crippen LogP contribution < -0.4 is 0 Å². The maximum absolute atomic E-state index is 11.3. The van der Waals surface area contributed by atoms with E-state index in [1.165, 1.54) is 5.56 Å². The quantitative estimate of drug-likeness (QED) is 0.558. The molecule has 0 aliphatic carbocycles. The number of nitrogens with zero attached hydrogens (tertiary/aromatic N) is 1. The lowest BCUT2D eigenvalue weighted by atomic mass is 10.1. The van der Waals surface area contributed by atoms with E-state index in [9.17, 15) is 4.79 Å². The zero-order valence-corrected chi connectivity index (χ0v) is 9.60. The van der Waals surface area contributed by atoms with Gasteiger partial charge in [0.25, 0.3) is 0 Å². The Bertz CT molecular complexity index is 385. The monoisotopic (exact) mass is 215 g/mol. The Morgan fingerprint density at radius 2 is 2.12 bits per heavy atom. The fourth-order valence-electron chi connectivity index (χ4n) is 2.28. The van der Waals surface area contributed by atoms with Crippen molar-refractivity contribution in [1.29, 1.82) is 0 Å². The van der Waals surface area contributed by atoms with Crippen molar-refractivity contribution in [3.8, 4) is 0 Å². The molecule has 1 heterocycles. The lowest BCUT2D eigenvalue weighted by Crippen LogP contribution is -2.09. The van der Waals surface area contributed by atoms with Crippen LogP contribution in [-0.2, 0) is 11.2 Å². The summed E-state index contributed by atoms with van der Waals surface area (Å²) in [7, 11) is 0. The lowest BCUT2D eigenvalue weighted by Gasteiger charge is -2.00. The van der Waals surface area contributed by atoms with Gasteiger partial charge in [0, 0.05) is 6.92 Å². The van der Waals surface area contributed by atoms with E-state index in [-0.39, 0.29) is 11.9 Å². The van der Waals surface area contributed by atoms with Crippen molar-refractivity contribution in [2.75, 3.05) is 0 Å². The highest BCUT2D eigenvalue weighted by Gasteiger charge is 2.46. The highest BCUT2D eigenvalue weighted by atomic mass is 16.2. The standard InChI is InChI=1S/C14H17NO/c1-3-13-14(15(13)11(2)16)10-9-12-7-5-4-6-8-12/h3-8,13-14H,1,9-10H2,2H3/t13-,14-,15?/m1/s1. The summed E-state index contributed by atoms with van der Waals surface area (Å²) in [6.45, 7) is 5.39. The van der Waals surface area contributed by atoms with Gasteiger partial charge in [0.2, 0.25) is 5.91 Å². The third kappa shape index (κ3) is 2.16. The molecular formula is C14H17NO. The van der Waals surface area contributed by atoms with Gasteiger partial charge in [-0.1, -0.05) is 36.4 Å². The van der Waals surface area contributed by atoms with Crippen molar-refractivity contribution in [2.24, 2.45) is 0 Å². The van der Waals surface area contributed by atoms with Gasteiger partial charge in [-0.3, -0.25) is 4.79 Å². The maximum Gasteiger partial charge on any atom is 0.220 e. The van der Waals surface area contributed by atoms with Gasteiger partial charge in [-0.05, 0) is 18.4 Å². The first-order valence-electron chi connectivity index (χ1n) is 5.69. The summed E-state index contributed by atoms with van der Waals surface area (Å²) in [6.07, 6.45) is 3.93. The lowest BCUT2D eigenvalue weighted by molar-refractivity contribution is -0.124. The van der Waals surface area contributed by atoms with E-state index >= 15 is 0 Å². The molecule has 0 bridgehead atoms. The zero-order chi connectivity index (χ0) is 11.5. The summed E-state index contributed by atoms with van der Waals surface area (Å²) < 4.78 is 0. The molecule has 1 aromatic rings. The molecule has 1 saturated heterocycles. The summed E-state index contributed by atoms with van der Waals surface area (Å²) in [6, 6.07) is 11.0. The molecule has 84 valence electrons. The Morgan fingerprint density at radius 1 is 1.44 bits per heavy atom. The second-order valence-corrected chi connectivity index (χ2v) is 4.24. The highest BCUT2D eigenvalue weighted by Crippen LogP contribution is 2.32. The van der Waals surface area contributed by atoms with E-state index in [0.29, 0.717) is 6.04 Å². The number of hydrogen-bond acceptors (Lipinski definition) is 1. The van der Waals surface area contributed by atoms with Crippen molar-refractivity contribution >= 4 is 5.91 Å². The average Bonchev–Trinajstić information content (AvgIpc) is 3.01. The summed E-state index contributed by atoms with van der Waals surface area (Å²) in [5, 5.41) is 0. The van der Waals surface area contributed by atoms with Gasteiger partial charge in [0.1, 0.15) is 0 Å². The molecule has 2 rings (SSSR count). The molecule has 1 aliphatic rings. The molecule has 16 heavy (non-hydrogen) atoms. The van der Waals surface area contributed by atoms with Crippen molar-refractivity contribution in [3.05, 3.63) is 48.6 Å². The SMILES string of the molecule is C=C[C@@H]1[C@@H](CCc2ccccc2)N1C(C)=O. The summed E-state index contributed by atoms with van der Waals surface area (Å²) >= 11 is 0. The first kappa shape index (κ1) is 10.9. The van der Waals surface area contributed by atoms with Crippen LogP contribution in [0.3, 0.4) is 0 Å². The van der Waals surface area contributed by atoms with Gasteiger partial charge in [-0.25, -0.2) is 0 Å². The smallest absolute Gasteiger partial charge is 0.220 e. The van der Waals surface area contributed by atoms with Crippen LogP contribution in [0.4, 0.5) is 0 Å². The van der Waals surface area contributed by atoms with Crippen LogP contribution in [0, 0.1) is 0 Å². The van der Waals surface area contributed by atoms with E-state index < -0.39 is 0 Å². The third-order valence-corrected chi connectivity index (χ3v) is 3.16. The van der Waals surface area contributed by atoms with Crippen LogP contribution in [0.1, 0.15) is 18.9 Å². The molecule has 1 aliphatic heterocycles. The van der Waals surface area contributed by atoms with Gasteiger partial charge in [0.15, 0.2) is 0 Å². The molecule has 1 fully saturated rings. The normalized spacial score (nSPS) is 22.9. The summed E-state index contributed by atoms with van der Waals surface area (Å²) in [4.78, 5) is 13.2. The van der Waals surface area contributed by atoms with E-state index in [1.54, 1.807) is 6.92 Å². The Kier molecular flexibility index (Phi) is 3.09. The maximum atomic E-state index is 11.3. The van der Waals surface area contributed by atoms with Crippen LogP contribution in [0.15, 0.2) is 43.0 Å². The van der Waals surface area contributed by atoms with Crippen LogP contribution >= 0.6 is 0 Å². The number of carbonyl (C=O) groups is 1. The largest absolute Gasteiger partial charge is 0.329 e. The molecule has 1 aromatic carbocycles. The van der Waals surface area contributed by atoms with Crippen LogP contribution in [-0.4, -0.2) is 22.9 Å². The Morgan fingerprint density at radius 3 is 2.62 bits per heavy atom. The van der Waals surface area contributed by atoms with E-state index in [0.717, 1.165) is 12.8 Å². The van der Waals surface area contributed by atoms with Gasteiger partial charge < -0.3 is 4.90 Å². The van der Waals surface area contributed by atoms with E-state index in [1.807, 2.05) is 17.0 Å². The molecule has 0 spiro atoms. The first-order chi connectivity index (χ1) is 7.74. The van der Waals surface area contributed by atoms with Crippen molar-refractivity contribution in [1.82, 2.24) is 4.90 Å². The minimum Gasteiger partial charge on any atom is -0.329 e. The molecule has 0 N–H and O–H groups in total. The van der Waals surface area contributed by atoms with Crippen LogP contribution in [0.2, 0.25) is 0 Å². The van der Waals surface area contributed by atoms with Gasteiger partial charge in [-0.15, -0.1) is 6.58 Å². The second-order valence-electron chi connectivity index (χ2n) is 4.24. The Hall–Kier alpha value is -1.57. The minimum absolute atomic E-state index is 0.156. The topological polar surface area (TPSA) is 20.1 Å². The molecular weight excluding hydrogens is 198 g/mol. The Balaban J connectivity index is 1.88. The number of hydrogen-bond donors (Lipinski definition) is 0. The van der Waals surface area contributed by atoms with E-state index in [4.69, 9.17) is 0 Å². The number of aryl methyl sites for hydroxylation is 1. The van der Waals surface area contributed by atoms with Crippen molar-refractivity contribution < 1.29 is 4.79 Å². The average molecular weight is 215 g/mol. The predicted molar refractivity (Wildman–Crippen MR) is 65.1 cm³/mol. The second kappa shape index (κ2) is 4.52. The van der Waals surface area contributed by atoms with Crippen LogP contribution in [0.5, 0.6) is 0 Å². The third-order valence-electron chi connectivity index (χ3n) is 3.16. The van der Waals surface area contributed by atoms with Gasteiger partial charge in [-0.2, -0.15) is 0 Å². The first-order valence-corrected chi connectivity index (χ1v) is 5.69. The van der Waals surface area contributed by atoms with Gasteiger partial charge >= 0.3 is 0 Å². The molecule has 2 heteroatoms. The fraction of sp³-hybridized carbons (Fsp3) is 0.357. The van der Waals surface area contributed by atoms with Crippen molar-refractivity contribution in [2.45, 2.75) is 31.8 Å². The number of carbonyl (C=O) groups excluding carboxylic acids is 1. The molecule has 0 radical (unpaired) electrons. The molecule has 2 atom stereocenters. The molecule has 0 unspecified atom stereocenters. The van der Waals surface area contributed by atoms with Crippen LogP contribution in [0.25, 0.3) is 0 Å². The minimum atomic E-state index is 0.156. The number of benzene rings is 1. The number of rotatable bonds is 4. The molecule has 1 amide bonds. The predicted octanol–water partition coefficient (Wildman–Crippen LogP) is 2.40. The van der Waals surface area contributed by atoms with Crippen molar-refractivity contribution in [3.63, 3.8) is 0 Å². The molecule has 0 aromatic heterocycles. The number of amides is 1. The highest BCUT2D eigenvalue weighted by molar-refractivity contribution is 5.77. The molecule has 2 nitrogen and oxygen atoms in total. The summed E-state index contributed by atoms with van der Waals surface area (Å²) in [5.41, 5.74) is 1.33. The van der Waals surface area contributed by atoms with Gasteiger partial charge in [0.05, 0.1) is 12.1 Å². The zero-order valence-electron chi connectivity index (χ0n) is 9.60. The summed E-state index contributed by atoms with van der Waals surface area (Å²) in [5.74, 6) is 0.156. The Labute approximate surface area is 96.6 Å². The fourth-order valence-corrected chi connectivity index (χ4v) is 2.28. The molecule has 0 saturated carbocycles.